The second kappa shape index (κ2) is 8.83. The Balaban J connectivity index is 1.60. The Kier molecular flexibility index (Phi) is 6.04. The number of hydrogen-bond acceptors (Lipinski definition) is 4. The lowest BCUT2D eigenvalue weighted by molar-refractivity contribution is 0.0706. The van der Waals surface area contributed by atoms with Crippen LogP contribution in [0.15, 0.2) is 72.8 Å². The quantitative estimate of drug-likeness (QED) is 0.454. The van der Waals surface area contributed by atoms with E-state index < -0.39 is 5.91 Å². The van der Waals surface area contributed by atoms with Gasteiger partial charge in [-0.3, -0.25) is 14.8 Å². The van der Waals surface area contributed by atoms with Crippen LogP contribution in [0.3, 0.4) is 0 Å². The summed E-state index contributed by atoms with van der Waals surface area (Å²) in [5.41, 5.74) is 5.38. The Hall–Kier alpha value is -3.64. The van der Waals surface area contributed by atoms with Crippen LogP contribution >= 0.6 is 0 Å². The zero-order valence-corrected chi connectivity index (χ0v) is 15.3. The fourth-order valence-electron chi connectivity index (χ4n) is 2.72. The predicted octanol–water partition coefficient (Wildman–Crippen LogP) is 3.41. The van der Waals surface area contributed by atoms with E-state index in [1.807, 2.05) is 36.4 Å². The summed E-state index contributed by atoms with van der Waals surface area (Å²) in [5.74, 6) is 0.0377. The van der Waals surface area contributed by atoms with E-state index in [9.17, 15) is 9.59 Å². The number of amides is 2. The van der Waals surface area contributed by atoms with Crippen LogP contribution in [0.1, 0.15) is 26.3 Å². The predicted molar refractivity (Wildman–Crippen MR) is 105 cm³/mol. The first-order chi connectivity index (χ1) is 13.6. The van der Waals surface area contributed by atoms with Crippen LogP contribution in [0.4, 0.5) is 0 Å². The van der Waals surface area contributed by atoms with Gasteiger partial charge in [-0.25, -0.2) is 5.48 Å². The van der Waals surface area contributed by atoms with Gasteiger partial charge >= 0.3 is 0 Å². The van der Waals surface area contributed by atoms with Crippen LogP contribution in [0.25, 0.3) is 11.1 Å². The SMILES string of the molecule is COc1ccc(-c2ccc(C(=O)NCc3ccc(C(=O)NO)cc3)cc2)cc1. The number of hydroxylamine groups is 1. The number of nitrogens with one attached hydrogen (secondary N) is 2. The van der Waals surface area contributed by atoms with E-state index in [0.717, 1.165) is 22.4 Å². The van der Waals surface area contributed by atoms with Crippen LogP contribution in [0.2, 0.25) is 0 Å². The van der Waals surface area contributed by atoms with Gasteiger partial charge in [0, 0.05) is 17.7 Å². The van der Waals surface area contributed by atoms with Gasteiger partial charge in [-0.2, -0.15) is 0 Å². The van der Waals surface area contributed by atoms with Crippen molar-refractivity contribution >= 4 is 11.8 Å². The van der Waals surface area contributed by atoms with E-state index in [-0.39, 0.29) is 5.91 Å². The number of benzene rings is 3. The van der Waals surface area contributed by atoms with Crippen molar-refractivity contribution in [3.05, 3.63) is 89.5 Å². The molecule has 3 aromatic rings. The first-order valence-electron chi connectivity index (χ1n) is 8.67. The largest absolute Gasteiger partial charge is 0.497 e. The Morgan fingerprint density at radius 2 is 1.29 bits per heavy atom. The number of hydrogen-bond donors (Lipinski definition) is 3. The maximum atomic E-state index is 12.3. The van der Waals surface area contributed by atoms with Crippen molar-refractivity contribution in [2.75, 3.05) is 7.11 Å². The van der Waals surface area contributed by atoms with E-state index in [1.165, 1.54) is 0 Å². The van der Waals surface area contributed by atoms with Crippen LogP contribution in [0, 0.1) is 0 Å². The molecular weight excluding hydrogens is 356 g/mol. The van der Waals surface area contributed by atoms with Gasteiger partial charge in [0.05, 0.1) is 7.11 Å². The van der Waals surface area contributed by atoms with E-state index in [0.29, 0.717) is 17.7 Å². The molecule has 0 aliphatic rings. The van der Waals surface area contributed by atoms with Crippen molar-refractivity contribution < 1.29 is 19.5 Å². The highest BCUT2D eigenvalue weighted by atomic mass is 16.5. The zero-order chi connectivity index (χ0) is 19.9. The average Bonchev–Trinajstić information content (AvgIpc) is 2.77. The minimum atomic E-state index is -0.576. The molecule has 0 aromatic heterocycles. The van der Waals surface area contributed by atoms with Crippen LogP contribution in [0.5, 0.6) is 5.75 Å². The van der Waals surface area contributed by atoms with Crippen molar-refractivity contribution in [3.8, 4) is 16.9 Å². The molecule has 0 bridgehead atoms. The molecule has 0 fully saturated rings. The molecule has 6 heteroatoms. The van der Waals surface area contributed by atoms with Crippen molar-refractivity contribution in [2.45, 2.75) is 6.54 Å². The van der Waals surface area contributed by atoms with E-state index in [2.05, 4.69) is 5.32 Å². The number of ether oxygens (including phenoxy) is 1. The summed E-state index contributed by atoms with van der Waals surface area (Å²) in [7, 11) is 1.63. The van der Waals surface area contributed by atoms with Crippen LogP contribution in [-0.4, -0.2) is 24.1 Å². The first-order valence-corrected chi connectivity index (χ1v) is 8.67. The van der Waals surface area contributed by atoms with Gasteiger partial charge in [0.15, 0.2) is 0 Å². The number of methoxy groups -OCH3 is 1. The lowest BCUT2D eigenvalue weighted by Gasteiger charge is -2.08. The summed E-state index contributed by atoms with van der Waals surface area (Å²) in [5, 5.41) is 11.5. The van der Waals surface area contributed by atoms with E-state index in [4.69, 9.17) is 9.94 Å². The summed E-state index contributed by atoms with van der Waals surface area (Å²) >= 11 is 0. The zero-order valence-electron chi connectivity index (χ0n) is 15.3. The minimum absolute atomic E-state index is 0.182. The first kappa shape index (κ1) is 19.1. The fraction of sp³-hybridized carbons (Fsp3) is 0.0909. The highest BCUT2D eigenvalue weighted by Gasteiger charge is 2.07. The van der Waals surface area contributed by atoms with Crippen LogP contribution in [-0.2, 0) is 6.54 Å². The van der Waals surface area contributed by atoms with Crippen LogP contribution < -0.4 is 15.5 Å². The molecule has 0 aliphatic heterocycles. The topological polar surface area (TPSA) is 87.7 Å². The smallest absolute Gasteiger partial charge is 0.274 e. The molecule has 0 radical (unpaired) electrons. The summed E-state index contributed by atoms with van der Waals surface area (Å²) < 4.78 is 5.16. The number of rotatable bonds is 6. The Bertz CT molecular complexity index is 949. The molecule has 28 heavy (non-hydrogen) atoms. The molecule has 0 heterocycles. The molecule has 0 spiro atoms. The summed E-state index contributed by atoms with van der Waals surface area (Å²) in [4.78, 5) is 23.6. The lowest BCUT2D eigenvalue weighted by Crippen LogP contribution is -2.23. The van der Waals surface area contributed by atoms with Gasteiger partial charge in [0.1, 0.15) is 5.75 Å². The second-order valence-electron chi connectivity index (χ2n) is 6.13. The molecule has 3 aromatic carbocycles. The monoisotopic (exact) mass is 376 g/mol. The Labute approximate surface area is 162 Å². The molecule has 6 nitrogen and oxygen atoms in total. The maximum absolute atomic E-state index is 12.3. The van der Waals surface area contributed by atoms with Gasteiger partial charge in [0.25, 0.3) is 11.8 Å². The van der Waals surface area contributed by atoms with E-state index in [1.54, 1.807) is 49.0 Å². The van der Waals surface area contributed by atoms with Crippen molar-refractivity contribution in [1.82, 2.24) is 10.8 Å². The molecule has 0 aliphatic carbocycles. The normalized spacial score (nSPS) is 10.2. The molecule has 142 valence electrons. The lowest BCUT2D eigenvalue weighted by atomic mass is 10.0. The van der Waals surface area contributed by atoms with E-state index >= 15 is 0 Å². The Morgan fingerprint density at radius 3 is 1.82 bits per heavy atom. The minimum Gasteiger partial charge on any atom is -0.497 e. The standard InChI is InChI=1S/C22H20N2O4/c1-28-20-12-10-17(11-13-20)16-6-8-18(9-7-16)21(25)23-14-15-2-4-19(5-3-15)22(26)24-27/h2-13,27H,14H2,1H3,(H,23,25)(H,24,26). The third-order valence-corrected chi connectivity index (χ3v) is 4.34. The number of carbonyl (C=O) groups is 2. The summed E-state index contributed by atoms with van der Waals surface area (Å²) in [6.07, 6.45) is 0. The molecule has 0 unspecified atom stereocenters. The number of carbonyl (C=O) groups excluding carboxylic acids is 2. The molecule has 0 saturated heterocycles. The second-order valence-corrected chi connectivity index (χ2v) is 6.13. The van der Waals surface area contributed by atoms with Gasteiger partial charge in [-0.1, -0.05) is 36.4 Å². The van der Waals surface area contributed by atoms with Crippen molar-refractivity contribution in [2.24, 2.45) is 0 Å². The molecule has 0 saturated carbocycles. The fourth-order valence-corrected chi connectivity index (χ4v) is 2.72. The average molecular weight is 376 g/mol. The van der Waals surface area contributed by atoms with Gasteiger partial charge in [0.2, 0.25) is 0 Å². The molecular formula is C22H20N2O4. The third kappa shape index (κ3) is 4.55. The molecule has 3 N–H and O–H groups in total. The Morgan fingerprint density at radius 1 is 0.786 bits per heavy atom. The summed E-state index contributed by atoms with van der Waals surface area (Å²) in [6, 6.07) is 21.7. The molecule has 3 rings (SSSR count). The van der Waals surface area contributed by atoms with Crippen molar-refractivity contribution in [3.63, 3.8) is 0 Å². The summed E-state index contributed by atoms with van der Waals surface area (Å²) in [6.45, 7) is 0.333. The molecule has 0 atom stereocenters. The van der Waals surface area contributed by atoms with Gasteiger partial charge in [-0.15, -0.1) is 0 Å². The third-order valence-electron chi connectivity index (χ3n) is 4.34. The highest BCUT2D eigenvalue weighted by Crippen LogP contribution is 2.22. The van der Waals surface area contributed by atoms with Gasteiger partial charge in [-0.05, 0) is 53.1 Å². The van der Waals surface area contributed by atoms with Crippen molar-refractivity contribution in [1.29, 1.82) is 0 Å². The molecule has 2 amide bonds. The maximum Gasteiger partial charge on any atom is 0.274 e. The van der Waals surface area contributed by atoms with Gasteiger partial charge < -0.3 is 10.1 Å². The highest BCUT2D eigenvalue weighted by molar-refractivity contribution is 5.95.